The first-order chi connectivity index (χ1) is 13.6. The molecule has 1 aromatic rings. The average molecular weight is 518 g/mol. The first kappa shape index (κ1) is 25.8. The van der Waals surface area contributed by atoms with E-state index < -0.39 is 0 Å². The molecule has 1 N–H and O–H groups in total. The zero-order valence-corrected chi connectivity index (χ0v) is 21.1. The molecule has 0 atom stereocenters. The molecule has 6 nitrogen and oxygen atoms in total. The van der Waals surface area contributed by atoms with E-state index in [4.69, 9.17) is 9.47 Å². The second kappa shape index (κ2) is 13.9. The zero-order valence-electron chi connectivity index (χ0n) is 18.7. The summed E-state index contributed by atoms with van der Waals surface area (Å²) in [5.41, 5.74) is 1.22. The van der Waals surface area contributed by atoms with Gasteiger partial charge in [0.05, 0.1) is 14.2 Å². The van der Waals surface area contributed by atoms with E-state index in [-0.39, 0.29) is 24.0 Å². The van der Waals surface area contributed by atoms with Gasteiger partial charge in [-0.05, 0) is 44.0 Å². The molecule has 166 valence electrons. The highest BCUT2D eigenvalue weighted by Gasteiger charge is 2.17. The van der Waals surface area contributed by atoms with Crippen molar-refractivity contribution in [2.75, 3.05) is 55.0 Å². The second-order valence-electron chi connectivity index (χ2n) is 7.61. The smallest absolute Gasteiger partial charge is 0.193 e. The number of hydrogen-bond acceptors (Lipinski definition) is 4. The zero-order chi connectivity index (χ0) is 20.4. The summed E-state index contributed by atoms with van der Waals surface area (Å²) < 4.78 is 10.7. The highest BCUT2D eigenvalue weighted by atomic mass is 127. The predicted octanol–water partition coefficient (Wildman–Crippen LogP) is 3.64. The molecule has 1 aliphatic rings. The van der Waals surface area contributed by atoms with Crippen LogP contribution < -0.4 is 14.8 Å². The van der Waals surface area contributed by atoms with Gasteiger partial charge in [-0.2, -0.15) is 0 Å². The van der Waals surface area contributed by atoms with E-state index in [0.29, 0.717) is 0 Å². The van der Waals surface area contributed by atoms with Crippen LogP contribution in [0.3, 0.4) is 0 Å². The molecule has 0 radical (unpaired) electrons. The van der Waals surface area contributed by atoms with E-state index in [2.05, 4.69) is 40.3 Å². The highest BCUT2D eigenvalue weighted by Crippen LogP contribution is 2.27. The molecule has 7 heteroatoms. The summed E-state index contributed by atoms with van der Waals surface area (Å²) >= 11 is 0. The monoisotopic (exact) mass is 518 g/mol. The molecule has 1 aromatic carbocycles. The van der Waals surface area contributed by atoms with Gasteiger partial charge >= 0.3 is 0 Å². The van der Waals surface area contributed by atoms with Crippen molar-refractivity contribution in [1.82, 2.24) is 15.1 Å². The largest absolute Gasteiger partial charge is 0.493 e. The van der Waals surface area contributed by atoms with Crippen molar-refractivity contribution in [3.63, 3.8) is 0 Å². The van der Waals surface area contributed by atoms with Crippen molar-refractivity contribution in [3.8, 4) is 11.5 Å². The average Bonchev–Trinajstić information content (AvgIpc) is 2.75. The Kier molecular flexibility index (Phi) is 12.4. The van der Waals surface area contributed by atoms with E-state index in [1.54, 1.807) is 14.2 Å². The summed E-state index contributed by atoms with van der Waals surface area (Å²) in [6.45, 7) is 2.85. The molecule has 0 aliphatic heterocycles. The van der Waals surface area contributed by atoms with Gasteiger partial charge in [-0.25, -0.2) is 0 Å². The minimum atomic E-state index is 0. The molecule has 29 heavy (non-hydrogen) atoms. The van der Waals surface area contributed by atoms with Crippen molar-refractivity contribution in [2.45, 2.75) is 44.6 Å². The summed E-state index contributed by atoms with van der Waals surface area (Å²) in [6, 6.07) is 6.84. The Balaban J connectivity index is 0.00000420. The maximum absolute atomic E-state index is 5.40. The van der Waals surface area contributed by atoms with Gasteiger partial charge in [0.15, 0.2) is 17.5 Å². The lowest BCUT2D eigenvalue weighted by Gasteiger charge is -2.31. The van der Waals surface area contributed by atoms with Gasteiger partial charge in [0.25, 0.3) is 0 Å². The number of nitrogens with one attached hydrogen (secondary N) is 1. The van der Waals surface area contributed by atoms with Crippen molar-refractivity contribution in [2.24, 2.45) is 4.99 Å². The number of aliphatic imine (C=N–C) groups is 1. The molecule has 1 aliphatic carbocycles. The summed E-state index contributed by atoms with van der Waals surface area (Å²) in [5, 5.41) is 3.51. The number of rotatable bonds is 9. The molecular formula is C22H39IN4O2. The van der Waals surface area contributed by atoms with Gasteiger partial charge < -0.3 is 24.6 Å². The normalized spacial score (nSPS) is 15.0. The van der Waals surface area contributed by atoms with Crippen LogP contribution in [-0.4, -0.2) is 76.8 Å². The van der Waals surface area contributed by atoms with E-state index in [9.17, 15) is 0 Å². The first-order valence-electron chi connectivity index (χ1n) is 10.4. The van der Waals surface area contributed by atoms with Crippen LogP contribution in [0.5, 0.6) is 11.5 Å². The maximum atomic E-state index is 5.40. The third-order valence-electron chi connectivity index (χ3n) is 5.70. The van der Waals surface area contributed by atoms with Crippen LogP contribution in [0, 0.1) is 0 Å². The third-order valence-corrected chi connectivity index (χ3v) is 5.70. The number of likely N-dealkylation sites (N-methyl/N-ethyl adjacent to an activating group) is 2. The maximum Gasteiger partial charge on any atom is 0.193 e. The van der Waals surface area contributed by atoms with Gasteiger partial charge in [-0.1, -0.05) is 25.3 Å². The fourth-order valence-electron chi connectivity index (χ4n) is 3.87. The predicted molar refractivity (Wildman–Crippen MR) is 132 cm³/mol. The molecule has 0 saturated heterocycles. The molecule has 1 fully saturated rings. The lowest BCUT2D eigenvalue weighted by atomic mass is 9.94. The van der Waals surface area contributed by atoms with Crippen molar-refractivity contribution in [3.05, 3.63) is 23.8 Å². The third kappa shape index (κ3) is 8.20. The Bertz CT molecular complexity index is 621. The molecule has 0 bridgehead atoms. The summed E-state index contributed by atoms with van der Waals surface area (Å²) in [7, 11) is 9.51. The van der Waals surface area contributed by atoms with Gasteiger partial charge in [-0.15, -0.1) is 24.0 Å². The first-order valence-corrected chi connectivity index (χ1v) is 10.4. The SMILES string of the molecule is CN=C(NCCN(C)C1CCCCC1)N(C)CCc1ccc(OC)c(OC)c1.I. The molecular weight excluding hydrogens is 479 g/mol. The van der Waals surface area contributed by atoms with Crippen LogP contribution in [0.1, 0.15) is 37.7 Å². The standard InChI is InChI=1S/C22H38N4O2.HI/c1-23-22(24-14-16-25(2)19-9-7-6-8-10-19)26(3)15-13-18-11-12-20(27-4)21(17-18)28-5;/h11-12,17,19H,6-10,13-16H2,1-5H3,(H,23,24);1H. The minimum Gasteiger partial charge on any atom is -0.493 e. The fraction of sp³-hybridized carbons (Fsp3) is 0.682. The van der Waals surface area contributed by atoms with Crippen LogP contribution >= 0.6 is 24.0 Å². The van der Waals surface area contributed by atoms with Crippen molar-refractivity contribution >= 4 is 29.9 Å². The summed E-state index contributed by atoms with van der Waals surface area (Å²) in [6.07, 6.45) is 7.76. The van der Waals surface area contributed by atoms with Crippen LogP contribution in [0.2, 0.25) is 0 Å². The molecule has 0 unspecified atom stereocenters. The number of halogens is 1. The lowest BCUT2D eigenvalue weighted by Crippen LogP contribution is -2.44. The molecule has 0 heterocycles. The van der Waals surface area contributed by atoms with E-state index >= 15 is 0 Å². The molecule has 1 saturated carbocycles. The molecule has 0 amide bonds. The van der Waals surface area contributed by atoms with E-state index in [1.807, 2.05) is 19.2 Å². The number of ether oxygens (including phenoxy) is 2. The van der Waals surface area contributed by atoms with E-state index in [1.165, 1.54) is 37.7 Å². The second-order valence-corrected chi connectivity index (χ2v) is 7.61. The summed E-state index contributed by atoms with van der Waals surface area (Å²) in [5.74, 6) is 2.48. The van der Waals surface area contributed by atoms with Crippen LogP contribution in [0.25, 0.3) is 0 Å². The van der Waals surface area contributed by atoms with Crippen LogP contribution in [-0.2, 0) is 6.42 Å². The Hall–Kier alpha value is -1.22. The van der Waals surface area contributed by atoms with Crippen molar-refractivity contribution in [1.29, 1.82) is 0 Å². The van der Waals surface area contributed by atoms with Crippen LogP contribution in [0.15, 0.2) is 23.2 Å². The van der Waals surface area contributed by atoms with Gasteiger partial charge in [0, 0.05) is 39.8 Å². The quantitative estimate of drug-likeness (QED) is 0.308. The Labute approximate surface area is 194 Å². The summed E-state index contributed by atoms with van der Waals surface area (Å²) in [4.78, 5) is 9.12. The lowest BCUT2D eigenvalue weighted by molar-refractivity contribution is 0.194. The highest BCUT2D eigenvalue weighted by molar-refractivity contribution is 14.0. The van der Waals surface area contributed by atoms with Gasteiger partial charge in [-0.3, -0.25) is 4.99 Å². The number of benzene rings is 1. The number of guanidine groups is 1. The van der Waals surface area contributed by atoms with Gasteiger partial charge in [0.2, 0.25) is 0 Å². The van der Waals surface area contributed by atoms with Crippen molar-refractivity contribution < 1.29 is 9.47 Å². The molecule has 0 aromatic heterocycles. The Morgan fingerprint density at radius 3 is 2.38 bits per heavy atom. The van der Waals surface area contributed by atoms with Gasteiger partial charge in [0.1, 0.15) is 0 Å². The Morgan fingerprint density at radius 2 is 1.76 bits per heavy atom. The van der Waals surface area contributed by atoms with E-state index in [0.717, 1.165) is 49.6 Å². The number of hydrogen-bond donors (Lipinski definition) is 1. The molecule has 0 spiro atoms. The van der Waals surface area contributed by atoms with Crippen LogP contribution in [0.4, 0.5) is 0 Å². The Morgan fingerprint density at radius 1 is 1.07 bits per heavy atom. The topological polar surface area (TPSA) is 49.3 Å². The number of nitrogens with zero attached hydrogens (tertiary/aromatic N) is 3. The minimum absolute atomic E-state index is 0. The fourth-order valence-corrected chi connectivity index (χ4v) is 3.87. The number of methoxy groups -OCH3 is 2. The molecule has 2 rings (SSSR count).